The zero-order chi connectivity index (χ0) is 14.0. The molecule has 0 aliphatic carbocycles. The van der Waals surface area contributed by atoms with Crippen molar-refractivity contribution in [2.75, 3.05) is 13.2 Å². The number of rotatable bonds is 9. The molecule has 6 nitrogen and oxygen atoms in total. The second-order valence-corrected chi connectivity index (χ2v) is 4.00. The molecule has 0 aromatic carbocycles. The molecule has 0 bridgehead atoms. The smallest absolute Gasteiger partial charge is 0.305 e. The van der Waals surface area contributed by atoms with Crippen molar-refractivity contribution < 1.29 is 29.3 Å². The van der Waals surface area contributed by atoms with Crippen LogP contribution in [0.15, 0.2) is 0 Å². The fraction of sp³-hybridized carbons (Fsp3) is 0.833. The van der Waals surface area contributed by atoms with E-state index in [4.69, 9.17) is 9.47 Å². The molecule has 0 aromatic rings. The normalized spacial score (nSPS) is 13.8. The van der Waals surface area contributed by atoms with Crippen LogP contribution in [0.5, 0.6) is 0 Å². The highest BCUT2D eigenvalue weighted by atomic mass is 16.6. The lowest BCUT2D eigenvalue weighted by Gasteiger charge is -2.17. The van der Waals surface area contributed by atoms with E-state index < -0.39 is 24.1 Å². The van der Waals surface area contributed by atoms with Crippen LogP contribution in [-0.4, -0.2) is 47.6 Å². The van der Waals surface area contributed by atoms with E-state index in [2.05, 4.69) is 0 Å². The van der Waals surface area contributed by atoms with E-state index in [0.717, 1.165) is 0 Å². The summed E-state index contributed by atoms with van der Waals surface area (Å²) < 4.78 is 9.46. The van der Waals surface area contributed by atoms with Crippen molar-refractivity contribution in [2.45, 2.75) is 51.7 Å². The number of carbonyl (C=O) groups is 2. The zero-order valence-electron chi connectivity index (χ0n) is 10.9. The van der Waals surface area contributed by atoms with Gasteiger partial charge in [-0.15, -0.1) is 0 Å². The zero-order valence-corrected chi connectivity index (χ0v) is 10.9. The van der Waals surface area contributed by atoms with E-state index in [1.807, 2.05) is 13.8 Å². The van der Waals surface area contributed by atoms with Gasteiger partial charge in [-0.2, -0.15) is 0 Å². The number of aliphatic hydroxyl groups excluding tert-OH is 2. The standard InChI is InChI=1S/C12H22O6/c1-3-5-11(15)17-7-9(13)10(14)8-18-12(16)6-4-2/h9-10,13-14H,3-8H2,1-2H3. The fourth-order valence-corrected chi connectivity index (χ4v) is 1.13. The van der Waals surface area contributed by atoms with Gasteiger partial charge in [-0.3, -0.25) is 9.59 Å². The van der Waals surface area contributed by atoms with Crippen molar-refractivity contribution in [2.24, 2.45) is 0 Å². The van der Waals surface area contributed by atoms with Gasteiger partial charge in [0.2, 0.25) is 0 Å². The van der Waals surface area contributed by atoms with E-state index in [-0.39, 0.29) is 26.1 Å². The maximum atomic E-state index is 11.0. The van der Waals surface area contributed by atoms with E-state index in [1.165, 1.54) is 0 Å². The number of hydrogen-bond acceptors (Lipinski definition) is 6. The van der Waals surface area contributed by atoms with Gasteiger partial charge in [0, 0.05) is 12.8 Å². The van der Waals surface area contributed by atoms with Gasteiger partial charge in [-0.05, 0) is 12.8 Å². The summed E-state index contributed by atoms with van der Waals surface area (Å²) in [5.74, 6) is -0.849. The Bertz CT molecular complexity index is 227. The molecule has 0 aliphatic rings. The molecule has 0 aliphatic heterocycles. The minimum absolute atomic E-state index is 0.272. The van der Waals surface area contributed by atoms with Crippen molar-refractivity contribution >= 4 is 11.9 Å². The molecule has 0 radical (unpaired) electrons. The summed E-state index contributed by atoms with van der Waals surface area (Å²) in [6.07, 6.45) is -0.638. The third-order valence-electron chi connectivity index (χ3n) is 2.18. The third-order valence-corrected chi connectivity index (χ3v) is 2.18. The Balaban J connectivity index is 3.78. The van der Waals surface area contributed by atoms with Crippen LogP contribution in [0.3, 0.4) is 0 Å². The second kappa shape index (κ2) is 9.85. The Kier molecular flexibility index (Phi) is 9.22. The SMILES string of the molecule is CCCC(=O)OCC(O)C(O)COC(=O)CCC. The Hall–Kier alpha value is -1.14. The minimum Gasteiger partial charge on any atom is -0.463 e. The quantitative estimate of drug-likeness (QED) is 0.584. The van der Waals surface area contributed by atoms with Crippen LogP contribution in [-0.2, 0) is 19.1 Å². The van der Waals surface area contributed by atoms with Crippen LogP contribution in [0.25, 0.3) is 0 Å². The summed E-state index contributed by atoms with van der Waals surface area (Å²) in [6.45, 7) is 3.07. The van der Waals surface area contributed by atoms with Gasteiger partial charge in [-0.1, -0.05) is 13.8 Å². The lowest BCUT2D eigenvalue weighted by atomic mass is 10.2. The van der Waals surface area contributed by atoms with Crippen molar-refractivity contribution in [3.05, 3.63) is 0 Å². The molecule has 106 valence electrons. The van der Waals surface area contributed by atoms with Gasteiger partial charge < -0.3 is 19.7 Å². The molecular formula is C12H22O6. The van der Waals surface area contributed by atoms with Crippen molar-refractivity contribution in [3.63, 3.8) is 0 Å². The average molecular weight is 262 g/mol. The Morgan fingerprint density at radius 2 is 1.22 bits per heavy atom. The largest absolute Gasteiger partial charge is 0.463 e. The highest BCUT2D eigenvalue weighted by Crippen LogP contribution is 2.00. The van der Waals surface area contributed by atoms with Gasteiger partial charge in [0.1, 0.15) is 25.4 Å². The van der Waals surface area contributed by atoms with E-state index in [9.17, 15) is 19.8 Å². The average Bonchev–Trinajstić information content (AvgIpc) is 2.33. The third kappa shape index (κ3) is 8.03. The molecule has 2 atom stereocenters. The van der Waals surface area contributed by atoms with Crippen LogP contribution in [0, 0.1) is 0 Å². The summed E-state index contributed by atoms with van der Waals surface area (Å²) >= 11 is 0. The van der Waals surface area contributed by atoms with Gasteiger partial charge in [0.15, 0.2) is 0 Å². The lowest BCUT2D eigenvalue weighted by molar-refractivity contribution is -0.156. The van der Waals surface area contributed by atoms with Gasteiger partial charge in [-0.25, -0.2) is 0 Å². The van der Waals surface area contributed by atoms with Crippen LogP contribution < -0.4 is 0 Å². The Morgan fingerprint density at radius 1 is 0.889 bits per heavy atom. The summed E-state index contributed by atoms with van der Waals surface area (Å²) in [5, 5.41) is 18.9. The van der Waals surface area contributed by atoms with E-state index >= 15 is 0 Å². The molecule has 2 N–H and O–H groups in total. The van der Waals surface area contributed by atoms with E-state index in [1.54, 1.807) is 0 Å². The van der Waals surface area contributed by atoms with Crippen LogP contribution in [0.1, 0.15) is 39.5 Å². The van der Waals surface area contributed by atoms with Gasteiger partial charge in [0.05, 0.1) is 0 Å². The monoisotopic (exact) mass is 262 g/mol. The lowest BCUT2D eigenvalue weighted by Crippen LogP contribution is -2.35. The first-order chi connectivity index (χ1) is 8.51. The summed E-state index contributed by atoms with van der Waals surface area (Å²) in [7, 11) is 0. The fourth-order valence-electron chi connectivity index (χ4n) is 1.13. The molecule has 0 aromatic heterocycles. The molecule has 0 amide bonds. The highest BCUT2D eigenvalue weighted by Gasteiger charge is 2.19. The molecule has 6 heteroatoms. The number of esters is 2. The van der Waals surface area contributed by atoms with Crippen LogP contribution >= 0.6 is 0 Å². The summed E-state index contributed by atoms with van der Waals surface area (Å²) in [5.41, 5.74) is 0. The minimum atomic E-state index is -1.25. The van der Waals surface area contributed by atoms with E-state index in [0.29, 0.717) is 12.8 Å². The molecule has 0 saturated heterocycles. The molecule has 0 rings (SSSR count). The first-order valence-corrected chi connectivity index (χ1v) is 6.18. The number of carbonyl (C=O) groups excluding carboxylic acids is 2. The second-order valence-electron chi connectivity index (χ2n) is 4.00. The molecule has 0 heterocycles. The Morgan fingerprint density at radius 3 is 1.50 bits per heavy atom. The van der Waals surface area contributed by atoms with Gasteiger partial charge in [0.25, 0.3) is 0 Å². The number of aliphatic hydroxyl groups is 2. The first-order valence-electron chi connectivity index (χ1n) is 6.18. The van der Waals surface area contributed by atoms with Crippen molar-refractivity contribution in [3.8, 4) is 0 Å². The highest BCUT2D eigenvalue weighted by molar-refractivity contribution is 5.69. The first kappa shape index (κ1) is 16.9. The number of hydrogen-bond donors (Lipinski definition) is 2. The molecule has 2 unspecified atom stereocenters. The number of ether oxygens (including phenoxy) is 2. The molecule has 0 spiro atoms. The molecule has 0 saturated carbocycles. The predicted octanol–water partition coefficient (Wildman–Crippen LogP) is 0.395. The topological polar surface area (TPSA) is 93.1 Å². The Labute approximate surface area is 107 Å². The van der Waals surface area contributed by atoms with Crippen molar-refractivity contribution in [1.82, 2.24) is 0 Å². The summed E-state index contributed by atoms with van der Waals surface area (Å²) in [6, 6.07) is 0. The summed E-state index contributed by atoms with van der Waals surface area (Å²) in [4.78, 5) is 22.0. The maximum Gasteiger partial charge on any atom is 0.305 e. The van der Waals surface area contributed by atoms with Crippen LogP contribution in [0.4, 0.5) is 0 Å². The molecule has 18 heavy (non-hydrogen) atoms. The van der Waals surface area contributed by atoms with Crippen molar-refractivity contribution in [1.29, 1.82) is 0 Å². The molecule has 0 fully saturated rings. The maximum absolute atomic E-state index is 11.0. The molecular weight excluding hydrogens is 240 g/mol. The van der Waals surface area contributed by atoms with Crippen LogP contribution in [0.2, 0.25) is 0 Å². The van der Waals surface area contributed by atoms with Gasteiger partial charge >= 0.3 is 11.9 Å². The predicted molar refractivity (Wildman–Crippen MR) is 63.7 cm³/mol.